The van der Waals surface area contributed by atoms with Gasteiger partial charge in [0.25, 0.3) is 0 Å². The van der Waals surface area contributed by atoms with E-state index in [4.69, 9.17) is 5.73 Å². The Morgan fingerprint density at radius 2 is 1.83 bits per heavy atom. The smallest absolute Gasteiger partial charge is 0.248 e. The van der Waals surface area contributed by atoms with E-state index in [1.807, 2.05) is 12.1 Å². The summed E-state index contributed by atoms with van der Waals surface area (Å²) >= 11 is 0. The first-order valence-electron chi connectivity index (χ1n) is 10.1. The second-order valence-electron chi connectivity index (χ2n) is 7.83. The highest BCUT2D eigenvalue weighted by Crippen LogP contribution is 2.40. The van der Waals surface area contributed by atoms with E-state index < -0.39 is 15.7 Å². The Kier molecular flexibility index (Phi) is 5.51. The van der Waals surface area contributed by atoms with Gasteiger partial charge < -0.3 is 16.0 Å². The average Bonchev–Trinajstić information content (AvgIpc) is 3.50. The van der Waals surface area contributed by atoms with E-state index in [9.17, 15) is 18.0 Å². The lowest BCUT2D eigenvalue weighted by Crippen LogP contribution is -2.35. The molecule has 0 spiro atoms. The van der Waals surface area contributed by atoms with Crippen molar-refractivity contribution in [2.75, 3.05) is 18.4 Å². The molecule has 1 heterocycles. The molecule has 1 aliphatic carbocycles. The van der Waals surface area contributed by atoms with E-state index in [-0.39, 0.29) is 23.7 Å². The first-order chi connectivity index (χ1) is 14.4. The highest BCUT2D eigenvalue weighted by molar-refractivity contribution is 7.92. The number of nitrogens with two attached hydrogens (primary N) is 1. The van der Waals surface area contributed by atoms with Crippen molar-refractivity contribution in [1.29, 1.82) is 0 Å². The number of carbonyl (C=O) groups is 2. The molecule has 0 bridgehead atoms. The molecule has 0 radical (unpaired) electrons. The third-order valence-corrected chi connectivity index (χ3v) is 8.05. The van der Waals surface area contributed by atoms with Crippen molar-refractivity contribution in [2.24, 2.45) is 5.73 Å². The van der Waals surface area contributed by atoms with Crippen LogP contribution >= 0.6 is 0 Å². The first kappa shape index (κ1) is 20.4. The number of carbonyl (C=O) groups excluding carboxylic acids is 2. The van der Waals surface area contributed by atoms with E-state index in [0.29, 0.717) is 41.1 Å². The Labute approximate surface area is 176 Å². The molecule has 30 heavy (non-hydrogen) atoms. The molecule has 1 saturated heterocycles. The fourth-order valence-electron chi connectivity index (χ4n) is 4.02. The second kappa shape index (κ2) is 8.10. The van der Waals surface area contributed by atoms with Gasteiger partial charge in [-0.3, -0.25) is 9.59 Å². The number of benzene rings is 2. The molecule has 2 aliphatic rings. The van der Waals surface area contributed by atoms with Gasteiger partial charge in [0.2, 0.25) is 11.8 Å². The molecule has 4 rings (SSSR count). The minimum Gasteiger partial charge on any atom is -0.376 e. The minimum absolute atomic E-state index is 0.0518. The molecule has 0 aromatic heterocycles. The van der Waals surface area contributed by atoms with Gasteiger partial charge in [-0.1, -0.05) is 24.3 Å². The predicted octanol–water partition coefficient (Wildman–Crippen LogP) is 2.50. The van der Waals surface area contributed by atoms with E-state index in [1.54, 1.807) is 41.3 Å². The van der Waals surface area contributed by atoms with Crippen molar-refractivity contribution in [3.8, 4) is 0 Å². The lowest BCUT2D eigenvalue weighted by molar-refractivity contribution is -0.130. The number of hydrogen-bond donors (Lipinski definition) is 2. The summed E-state index contributed by atoms with van der Waals surface area (Å²) in [6, 6.07) is 13.5. The largest absolute Gasteiger partial charge is 0.376 e. The average molecular weight is 428 g/mol. The Morgan fingerprint density at radius 1 is 1.07 bits per heavy atom. The Bertz CT molecular complexity index is 1080. The number of likely N-dealkylation sites (tertiary alicyclic amines) is 1. The van der Waals surface area contributed by atoms with E-state index in [0.717, 1.165) is 12.8 Å². The van der Waals surface area contributed by atoms with Crippen LogP contribution < -0.4 is 11.1 Å². The van der Waals surface area contributed by atoms with Crippen LogP contribution in [0.15, 0.2) is 53.4 Å². The van der Waals surface area contributed by atoms with Crippen molar-refractivity contribution in [2.45, 2.75) is 41.9 Å². The molecule has 2 amide bonds. The first-order valence-corrected chi connectivity index (χ1v) is 11.7. The van der Waals surface area contributed by atoms with Gasteiger partial charge in [0.05, 0.1) is 22.7 Å². The fourth-order valence-corrected chi connectivity index (χ4v) is 5.94. The lowest BCUT2D eigenvalue weighted by Gasteiger charge is -2.27. The Hall–Kier alpha value is -2.87. The molecule has 2 fully saturated rings. The van der Waals surface area contributed by atoms with Crippen LogP contribution in [-0.4, -0.2) is 43.5 Å². The van der Waals surface area contributed by atoms with Crippen LogP contribution in [0.3, 0.4) is 0 Å². The number of sulfone groups is 1. The Morgan fingerprint density at radius 3 is 2.57 bits per heavy atom. The van der Waals surface area contributed by atoms with Gasteiger partial charge in [-0.2, -0.15) is 0 Å². The van der Waals surface area contributed by atoms with Crippen LogP contribution in [0.4, 0.5) is 5.69 Å². The third-order valence-electron chi connectivity index (χ3n) is 5.71. The van der Waals surface area contributed by atoms with Crippen LogP contribution in [0.25, 0.3) is 0 Å². The summed E-state index contributed by atoms with van der Waals surface area (Å²) in [6.07, 6.45) is 2.97. The molecule has 0 unspecified atom stereocenters. The molecule has 158 valence electrons. The van der Waals surface area contributed by atoms with Gasteiger partial charge in [0.1, 0.15) is 0 Å². The van der Waals surface area contributed by atoms with Crippen LogP contribution in [0, 0.1) is 0 Å². The molecule has 1 atom stereocenters. The quantitative estimate of drug-likeness (QED) is 0.706. The molecular weight excluding hydrogens is 402 g/mol. The van der Waals surface area contributed by atoms with Gasteiger partial charge in [0, 0.05) is 17.8 Å². The van der Waals surface area contributed by atoms with E-state index in [1.165, 1.54) is 0 Å². The van der Waals surface area contributed by atoms with Crippen LogP contribution in [-0.2, 0) is 14.6 Å². The molecular formula is C22H25N3O4S. The molecule has 1 saturated carbocycles. The van der Waals surface area contributed by atoms with Crippen molar-refractivity contribution in [3.05, 3.63) is 59.7 Å². The third kappa shape index (κ3) is 4.05. The molecule has 2 aromatic rings. The van der Waals surface area contributed by atoms with Gasteiger partial charge in [-0.05, 0) is 55.5 Å². The summed E-state index contributed by atoms with van der Waals surface area (Å²) in [5.74, 6) is -0.640. The number of nitrogens with zero attached hydrogens (tertiary/aromatic N) is 1. The second-order valence-corrected chi connectivity index (χ2v) is 10.0. The maximum absolute atomic E-state index is 13.0. The lowest BCUT2D eigenvalue weighted by atomic mass is 10.0. The van der Waals surface area contributed by atoms with Gasteiger partial charge in [0.15, 0.2) is 9.84 Å². The molecule has 2 aromatic carbocycles. The zero-order chi connectivity index (χ0) is 21.3. The highest BCUT2D eigenvalue weighted by Gasteiger charge is 2.40. The minimum atomic E-state index is -3.35. The maximum Gasteiger partial charge on any atom is 0.248 e. The summed E-state index contributed by atoms with van der Waals surface area (Å²) in [5, 5.41) is 2.76. The summed E-state index contributed by atoms with van der Waals surface area (Å²) < 4.78 is 25.8. The summed E-state index contributed by atoms with van der Waals surface area (Å²) in [7, 11) is -3.35. The van der Waals surface area contributed by atoms with Crippen molar-refractivity contribution < 1.29 is 18.0 Å². The molecule has 8 heteroatoms. The standard InChI is InChI=1S/C22H25N3O4S/c23-22(27)15-5-3-6-16(13-15)24-14-21(26)25-12-4-8-19(25)18-7-1-2-9-20(18)30(28,29)17-10-11-17/h1-3,5-7,9,13,17,19,24H,4,8,10-12,14H2,(H2,23,27)/t19-/m1/s1. The fraction of sp³-hybridized carbons (Fsp3) is 0.364. The van der Waals surface area contributed by atoms with Gasteiger partial charge in [-0.25, -0.2) is 8.42 Å². The summed E-state index contributed by atoms with van der Waals surface area (Å²) in [5.41, 5.74) is 7.02. The SMILES string of the molecule is NC(=O)c1cccc(NCC(=O)N2CCC[C@@H]2c2ccccc2S(=O)(=O)C2CC2)c1. The van der Waals surface area contributed by atoms with Crippen LogP contribution in [0.5, 0.6) is 0 Å². The van der Waals surface area contributed by atoms with Crippen molar-refractivity contribution in [1.82, 2.24) is 4.90 Å². The van der Waals surface area contributed by atoms with Crippen molar-refractivity contribution >= 4 is 27.3 Å². The number of amides is 2. The van der Waals surface area contributed by atoms with Crippen molar-refractivity contribution in [3.63, 3.8) is 0 Å². The number of primary amides is 1. The maximum atomic E-state index is 13.0. The van der Waals surface area contributed by atoms with Crippen LogP contribution in [0.2, 0.25) is 0 Å². The van der Waals surface area contributed by atoms with E-state index >= 15 is 0 Å². The molecule has 7 nitrogen and oxygen atoms in total. The normalized spacial score (nSPS) is 18.9. The number of rotatable bonds is 7. The monoisotopic (exact) mass is 427 g/mol. The van der Waals surface area contributed by atoms with Crippen LogP contribution in [0.1, 0.15) is 47.6 Å². The summed E-state index contributed by atoms with van der Waals surface area (Å²) in [4.78, 5) is 26.4. The molecule has 3 N–H and O–H groups in total. The van der Waals surface area contributed by atoms with Gasteiger partial charge in [-0.15, -0.1) is 0 Å². The topological polar surface area (TPSA) is 110 Å². The number of nitrogens with one attached hydrogen (secondary N) is 1. The van der Waals surface area contributed by atoms with Gasteiger partial charge >= 0.3 is 0 Å². The zero-order valence-electron chi connectivity index (χ0n) is 16.6. The number of hydrogen-bond acceptors (Lipinski definition) is 5. The number of anilines is 1. The zero-order valence-corrected chi connectivity index (χ0v) is 17.4. The molecule has 1 aliphatic heterocycles. The highest BCUT2D eigenvalue weighted by atomic mass is 32.2. The summed E-state index contributed by atoms with van der Waals surface area (Å²) in [6.45, 7) is 0.639. The predicted molar refractivity (Wildman–Crippen MR) is 114 cm³/mol. The van der Waals surface area contributed by atoms with E-state index in [2.05, 4.69) is 5.32 Å². The Balaban J connectivity index is 1.51.